The molecular weight excluding hydrogens is 288 g/mol. The van der Waals surface area contributed by atoms with Gasteiger partial charge < -0.3 is 4.74 Å². The Balaban J connectivity index is 2.15. The van der Waals surface area contributed by atoms with Gasteiger partial charge in [0.25, 0.3) is 0 Å². The van der Waals surface area contributed by atoms with E-state index in [4.69, 9.17) is 4.74 Å². The van der Waals surface area contributed by atoms with Gasteiger partial charge in [-0.1, -0.05) is 12.1 Å². The van der Waals surface area contributed by atoms with Crippen LogP contribution in [-0.4, -0.2) is 56.7 Å². The predicted octanol–water partition coefficient (Wildman–Crippen LogP) is 1.72. The van der Waals surface area contributed by atoms with Crippen molar-refractivity contribution >= 4 is 10.0 Å². The van der Waals surface area contributed by atoms with E-state index in [1.165, 1.54) is 6.26 Å². The summed E-state index contributed by atoms with van der Waals surface area (Å²) in [5, 5.41) is 0. The zero-order valence-electron chi connectivity index (χ0n) is 13.1. The number of hydrogen-bond donors (Lipinski definition) is 0. The van der Waals surface area contributed by atoms with E-state index in [0.717, 1.165) is 17.9 Å². The number of benzene rings is 1. The van der Waals surface area contributed by atoms with Gasteiger partial charge in [0.15, 0.2) is 0 Å². The summed E-state index contributed by atoms with van der Waals surface area (Å²) in [6.45, 7) is 5.78. The number of ether oxygens (including phenoxy) is 1. The number of piperazine rings is 1. The summed E-state index contributed by atoms with van der Waals surface area (Å²) >= 11 is 0. The SMILES string of the molecule is CC(C)Oc1ccc([C@@H]2CN(S(C)(=O)=O)CCN2C)cc1. The number of sulfonamides is 1. The minimum atomic E-state index is -3.13. The summed E-state index contributed by atoms with van der Waals surface area (Å²) in [6, 6.07) is 8.02. The first kappa shape index (κ1) is 16.3. The average molecular weight is 312 g/mol. The fourth-order valence-electron chi connectivity index (χ4n) is 2.55. The topological polar surface area (TPSA) is 49.9 Å². The molecule has 1 aliphatic rings. The lowest BCUT2D eigenvalue weighted by Gasteiger charge is -2.38. The largest absolute Gasteiger partial charge is 0.491 e. The lowest BCUT2D eigenvalue weighted by Crippen LogP contribution is -2.48. The van der Waals surface area contributed by atoms with Crippen LogP contribution in [0.25, 0.3) is 0 Å². The van der Waals surface area contributed by atoms with Gasteiger partial charge in [0, 0.05) is 25.7 Å². The van der Waals surface area contributed by atoms with Crippen molar-refractivity contribution in [3.05, 3.63) is 29.8 Å². The standard InChI is InChI=1S/C15H24N2O3S/c1-12(2)20-14-7-5-13(6-8-14)15-11-17(21(4,18)19)10-9-16(15)3/h5-8,12,15H,9-11H2,1-4H3/t15-/m0/s1. The summed E-state index contributed by atoms with van der Waals surface area (Å²) in [7, 11) is -1.10. The highest BCUT2D eigenvalue weighted by atomic mass is 32.2. The summed E-state index contributed by atoms with van der Waals surface area (Å²) < 4.78 is 30.7. The highest BCUT2D eigenvalue weighted by Crippen LogP contribution is 2.27. The molecule has 1 aromatic rings. The van der Waals surface area contributed by atoms with Crippen LogP contribution in [0.2, 0.25) is 0 Å². The maximum absolute atomic E-state index is 11.7. The second-order valence-electron chi connectivity index (χ2n) is 5.85. The second-order valence-corrected chi connectivity index (χ2v) is 7.84. The molecular formula is C15H24N2O3S. The molecule has 1 fully saturated rings. The Kier molecular flexibility index (Phi) is 4.91. The fourth-order valence-corrected chi connectivity index (χ4v) is 3.38. The van der Waals surface area contributed by atoms with Crippen molar-refractivity contribution in [3.8, 4) is 5.75 Å². The van der Waals surface area contributed by atoms with Crippen LogP contribution in [0.4, 0.5) is 0 Å². The minimum Gasteiger partial charge on any atom is -0.491 e. The van der Waals surface area contributed by atoms with E-state index in [9.17, 15) is 8.42 Å². The molecule has 1 heterocycles. The van der Waals surface area contributed by atoms with Crippen LogP contribution in [-0.2, 0) is 10.0 Å². The molecule has 1 aromatic carbocycles. The van der Waals surface area contributed by atoms with Gasteiger partial charge in [-0.25, -0.2) is 8.42 Å². The van der Waals surface area contributed by atoms with E-state index in [0.29, 0.717) is 13.1 Å². The normalized spacial score (nSPS) is 21.7. The Morgan fingerprint density at radius 1 is 1.19 bits per heavy atom. The molecule has 118 valence electrons. The molecule has 0 bridgehead atoms. The molecule has 21 heavy (non-hydrogen) atoms. The lowest BCUT2D eigenvalue weighted by molar-refractivity contribution is 0.148. The number of hydrogen-bond acceptors (Lipinski definition) is 4. The maximum Gasteiger partial charge on any atom is 0.211 e. The Morgan fingerprint density at radius 2 is 1.81 bits per heavy atom. The molecule has 1 aliphatic heterocycles. The van der Waals surface area contributed by atoms with E-state index in [2.05, 4.69) is 4.90 Å². The molecule has 0 radical (unpaired) electrons. The minimum absolute atomic E-state index is 0.0848. The Hall–Kier alpha value is -1.11. The summed E-state index contributed by atoms with van der Waals surface area (Å²) in [6.07, 6.45) is 1.42. The van der Waals surface area contributed by atoms with Crippen molar-refractivity contribution in [1.29, 1.82) is 0 Å². The van der Waals surface area contributed by atoms with Crippen molar-refractivity contribution in [2.24, 2.45) is 0 Å². The first-order chi connectivity index (χ1) is 9.77. The number of nitrogens with zero attached hydrogens (tertiary/aromatic N) is 2. The highest BCUT2D eigenvalue weighted by Gasteiger charge is 2.30. The molecule has 0 spiro atoms. The first-order valence-electron chi connectivity index (χ1n) is 7.19. The zero-order chi connectivity index (χ0) is 15.6. The predicted molar refractivity (Wildman–Crippen MR) is 84.0 cm³/mol. The van der Waals surface area contributed by atoms with Crippen LogP contribution in [0.3, 0.4) is 0 Å². The van der Waals surface area contributed by atoms with Crippen LogP contribution in [0.15, 0.2) is 24.3 Å². The van der Waals surface area contributed by atoms with Gasteiger partial charge in [-0.3, -0.25) is 4.90 Å². The van der Waals surface area contributed by atoms with E-state index < -0.39 is 10.0 Å². The first-order valence-corrected chi connectivity index (χ1v) is 9.04. The molecule has 0 aliphatic carbocycles. The molecule has 2 rings (SSSR count). The molecule has 0 saturated carbocycles. The van der Waals surface area contributed by atoms with Crippen molar-refractivity contribution in [1.82, 2.24) is 9.21 Å². The van der Waals surface area contributed by atoms with Gasteiger partial charge >= 0.3 is 0 Å². The maximum atomic E-state index is 11.7. The third kappa shape index (κ3) is 4.18. The summed E-state index contributed by atoms with van der Waals surface area (Å²) in [5.74, 6) is 0.840. The molecule has 5 nitrogen and oxygen atoms in total. The van der Waals surface area contributed by atoms with Crippen molar-refractivity contribution in [2.45, 2.75) is 26.0 Å². The third-order valence-corrected chi connectivity index (χ3v) is 4.99. The molecule has 0 amide bonds. The van der Waals surface area contributed by atoms with E-state index in [1.807, 2.05) is 45.2 Å². The van der Waals surface area contributed by atoms with Crippen LogP contribution >= 0.6 is 0 Å². The van der Waals surface area contributed by atoms with Gasteiger partial charge in [0.2, 0.25) is 10.0 Å². The Morgan fingerprint density at radius 3 is 2.33 bits per heavy atom. The smallest absolute Gasteiger partial charge is 0.211 e. The van der Waals surface area contributed by atoms with Crippen molar-refractivity contribution in [3.63, 3.8) is 0 Å². The lowest BCUT2D eigenvalue weighted by atomic mass is 10.0. The molecule has 0 unspecified atom stereocenters. The van der Waals surface area contributed by atoms with Gasteiger partial charge in [-0.2, -0.15) is 4.31 Å². The molecule has 0 aromatic heterocycles. The van der Waals surface area contributed by atoms with Crippen molar-refractivity contribution < 1.29 is 13.2 Å². The monoisotopic (exact) mass is 312 g/mol. The highest BCUT2D eigenvalue weighted by molar-refractivity contribution is 7.88. The fraction of sp³-hybridized carbons (Fsp3) is 0.600. The van der Waals surface area contributed by atoms with Crippen LogP contribution < -0.4 is 4.74 Å². The van der Waals surface area contributed by atoms with Crippen molar-refractivity contribution in [2.75, 3.05) is 32.9 Å². The average Bonchev–Trinajstić information content (AvgIpc) is 2.38. The van der Waals surface area contributed by atoms with Gasteiger partial charge in [0.05, 0.1) is 12.4 Å². The van der Waals surface area contributed by atoms with Gasteiger partial charge in [0.1, 0.15) is 5.75 Å². The zero-order valence-corrected chi connectivity index (χ0v) is 13.9. The molecule has 1 atom stereocenters. The van der Waals surface area contributed by atoms with Gasteiger partial charge in [-0.15, -0.1) is 0 Å². The van der Waals surface area contributed by atoms with Crippen LogP contribution in [0.5, 0.6) is 5.75 Å². The quantitative estimate of drug-likeness (QED) is 0.849. The van der Waals surface area contributed by atoms with Crippen LogP contribution in [0.1, 0.15) is 25.5 Å². The van der Waals surface area contributed by atoms with Crippen LogP contribution in [0, 0.1) is 0 Å². The van der Waals surface area contributed by atoms with E-state index in [-0.39, 0.29) is 12.1 Å². The number of likely N-dealkylation sites (N-methyl/N-ethyl adjacent to an activating group) is 1. The second kappa shape index (κ2) is 6.34. The third-order valence-electron chi connectivity index (χ3n) is 3.72. The number of rotatable bonds is 4. The molecule has 6 heteroatoms. The molecule has 0 N–H and O–H groups in total. The van der Waals surface area contributed by atoms with E-state index in [1.54, 1.807) is 4.31 Å². The Labute approximate surface area is 127 Å². The van der Waals surface area contributed by atoms with E-state index >= 15 is 0 Å². The van der Waals surface area contributed by atoms with Gasteiger partial charge in [-0.05, 0) is 38.6 Å². The molecule has 1 saturated heterocycles. The summed E-state index contributed by atoms with van der Waals surface area (Å²) in [4.78, 5) is 2.19. The summed E-state index contributed by atoms with van der Waals surface area (Å²) in [5.41, 5.74) is 1.11. The Bertz CT molecular complexity index is 569.